The van der Waals surface area contributed by atoms with Crippen LogP contribution in [-0.4, -0.2) is 29.6 Å². The molecule has 0 aromatic carbocycles. The summed E-state index contributed by atoms with van der Waals surface area (Å²) >= 11 is 0. The number of hydrogen-bond donors (Lipinski definition) is 1. The van der Waals surface area contributed by atoms with Crippen molar-refractivity contribution in [2.45, 2.75) is 26.3 Å². The van der Waals surface area contributed by atoms with E-state index in [4.69, 9.17) is 0 Å². The van der Waals surface area contributed by atoms with E-state index in [1.807, 2.05) is 14.1 Å². The first-order valence-electron chi connectivity index (χ1n) is 4.69. The Balaban J connectivity index is 2.95. The molecule has 0 bridgehead atoms. The molecule has 0 atom stereocenters. The summed E-state index contributed by atoms with van der Waals surface area (Å²) in [6, 6.07) is 0. The van der Waals surface area contributed by atoms with Gasteiger partial charge in [-0.3, -0.25) is 4.98 Å². The average molecular weight is 194 g/mol. The van der Waals surface area contributed by atoms with Crippen LogP contribution in [0.4, 0.5) is 11.6 Å². The Hall–Kier alpha value is -1.32. The Kier molecular flexibility index (Phi) is 2.93. The van der Waals surface area contributed by atoms with Crippen LogP contribution in [0.25, 0.3) is 0 Å². The van der Waals surface area contributed by atoms with E-state index in [1.54, 1.807) is 12.4 Å². The largest absolute Gasteiger partial charge is 0.372 e. The van der Waals surface area contributed by atoms with Crippen molar-refractivity contribution < 1.29 is 0 Å². The summed E-state index contributed by atoms with van der Waals surface area (Å²) in [5.41, 5.74) is 0.0566. The fourth-order valence-corrected chi connectivity index (χ4v) is 0.981. The molecule has 4 nitrogen and oxygen atoms in total. The molecule has 0 amide bonds. The third-order valence-electron chi connectivity index (χ3n) is 2.23. The zero-order valence-corrected chi connectivity index (χ0v) is 9.50. The summed E-state index contributed by atoms with van der Waals surface area (Å²) in [5, 5.41) is 2.97. The van der Waals surface area contributed by atoms with E-state index in [0.717, 1.165) is 11.6 Å². The van der Waals surface area contributed by atoms with Crippen LogP contribution in [-0.2, 0) is 0 Å². The van der Waals surface area contributed by atoms with Gasteiger partial charge in [0.15, 0.2) is 0 Å². The molecule has 1 rings (SSSR count). The van der Waals surface area contributed by atoms with E-state index in [0.29, 0.717) is 0 Å². The number of rotatable bonds is 2. The van der Waals surface area contributed by atoms with E-state index in [1.165, 1.54) is 0 Å². The molecule has 0 aliphatic heterocycles. The highest BCUT2D eigenvalue weighted by Gasteiger charge is 2.18. The molecule has 0 spiro atoms. The van der Waals surface area contributed by atoms with Gasteiger partial charge in [0.25, 0.3) is 0 Å². The first kappa shape index (κ1) is 10.8. The quantitative estimate of drug-likeness (QED) is 0.778. The lowest BCUT2D eigenvalue weighted by molar-refractivity contribution is 0.533. The molecule has 0 radical (unpaired) electrons. The van der Waals surface area contributed by atoms with Gasteiger partial charge < -0.3 is 10.2 Å². The van der Waals surface area contributed by atoms with Gasteiger partial charge in [-0.25, -0.2) is 4.98 Å². The number of hydrogen-bond acceptors (Lipinski definition) is 4. The predicted octanol–water partition coefficient (Wildman–Crippen LogP) is 1.75. The number of nitrogens with zero attached hydrogens (tertiary/aromatic N) is 3. The van der Waals surface area contributed by atoms with Crippen LogP contribution in [0, 0.1) is 0 Å². The third kappa shape index (κ3) is 2.34. The van der Waals surface area contributed by atoms with Crippen molar-refractivity contribution >= 4 is 11.6 Å². The molecule has 0 aliphatic rings. The van der Waals surface area contributed by atoms with E-state index < -0.39 is 0 Å². The van der Waals surface area contributed by atoms with Gasteiger partial charge in [-0.05, 0) is 20.8 Å². The van der Waals surface area contributed by atoms with Gasteiger partial charge in [0.2, 0.25) is 0 Å². The Morgan fingerprint density at radius 2 is 1.93 bits per heavy atom. The van der Waals surface area contributed by atoms with Crippen molar-refractivity contribution in [2.24, 2.45) is 0 Å². The fourth-order valence-electron chi connectivity index (χ4n) is 0.981. The lowest BCUT2D eigenvalue weighted by Crippen LogP contribution is -2.38. The van der Waals surface area contributed by atoms with Crippen LogP contribution in [0.2, 0.25) is 0 Å². The van der Waals surface area contributed by atoms with E-state index in [-0.39, 0.29) is 5.54 Å². The van der Waals surface area contributed by atoms with E-state index >= 15 is 0 Å². The highest BCUT2D eigenvalue weighted by molar-refractivity contribution is 5.44. The molecular formula is C10H18N4. The summed E-state index contributed by atoms with van der Waals surface area (Å²) in [7, 11) is 3.86. The molecular weight excluding hydrogens is 176 g/mol. The minimum absolute atomic E-state index is 0.0566. The second kappa shape index (κ2) is 3.82. The van der Waals surface area contributed by atoms with Crippen LogP contribution < -0.4 is 10.2 Å². The molecule has 0 aliphatic carbocycles. The van der Waals surface area contributed by atoms with Gasteiger partial charge in [0.05, 0.1) is 12.4 Å². The minimum atomic E-state index is 0.0566. The van der Waals surface area contributed by atoms with Crippen molar-refractivity contribution in [1.82, 2.24) is 9.97 Å². The Morgan fingerprint density at radius 3 is 2.43 bits per heavy atom. The molecule has 0 saturated heterocycles. The molecule has 1 N–H and O–H groups in total. The summed E-state index contributed by atoms with van der Waals surface area (Å²) in [4.78, 5) is 10.6. The van der Waals surface area contributed by atoms with Gasteiger partial charge in [-0.1, -0.05) is 0 Å². The summed E-state index contributed by atoms with van der Waals surface area (Å²) in [6.45, 7) is 6.42. The molecule has 0 saturated carbocycles. The summed E-state index contributed by atoms with van der Waals surface area (Å²) in [5.74, 6) is 1.67. The van der Waals surface area contributed by atoms with Gasteiger partial charge in [0.1, 0.15) is 11.6 Å². The normalized spacial score (nSPS) is 11.2. The highest BCUT2D eigenvalue weighted by Crippen LogP contribution is 2.19. The van der Waals surface area contributed by atoms with Crippen LogP contribution in [0.5, 0.6) is 0 Å². The molecule has 0 fully saturated rings. The SMILES string of the molecule is CNc1cncc(N(C)C(C)(C)C)n1. The van der Waals surface area contributed by atoms with Crippen molar-refractivity contribution in [3.8, 4) is 0 Å². The third-order valence-corrected chi connectivity index (χ3v) is 2.23. The predicted molar refractivity (Wildman–Crippen MR) is 59.7 cm³/mol. The minimum Gasteiger partial charge on any atom is -0.372 e. The monoisotopic (exact) mass is 194 g/mol. The van der Waals surface area contributed by atoms with Gasteiger partial charge in [0, 0.05) is 19.6 Å². The topological polar surface area (TPSA) is 41.1 Å². The maximum absolute atomic E-state index is 4.41. The first-order chi connectivity index (χ1) is 6.45. The molecule has 78 valence electrons. The van der Waals surface area contributed by atoms with Gasteiger partial charge in [-0.15, -0.1) is 0 Å². The molecule has 4 heteroatoms. The van der Waals surface area contributed by atoms with Crippen LogP contribution in [0.15, 0.2) is 12.4 Å². The van der Waals surface area contributed by atoms with Gasteiger partial charge >= 0.3 is 0 Å². The number of nitrogens with one attached hydrogen (secondary N) is 1. The average Bonchev–Trinajstić information content (AvgIpc) is 2.15. The summed E-state index contributed by atoms with van der Waals surface area (Å²) < 4.78 is 0. The van der Waals surface area contributed by atoms with Crippen molar-refractivity contribution in [3.05, 3.63) is 12.4 Å². The van der Waals surface area contributed by atoms with Crippen molar-refractivity contribution in [3.63, 3.8) is 0 Å². The zero-order chi connectivity index (χ0) is 10.8. The zero-order valence-electron chi connectivity index (χ0n) is 9.50. The maximum atomic E-state index is 4.41. The maximum Gasteiger partial charge on any atom is 0.149 e. The van der Waals surface area contributed by atoms with Gasteiger partial charge in [-0.2, -0.15) is 0 Å². The molecule has 14 heavy (non-hydrogen) atoms. The second-order valence-electron chi connectivity index (χ2n) is 4.24. The van der Waals surface area contributed by atoms with Crippen molar-refractivity contribution in [2.75, 3.05) is 24.3 Å². The Bertz CT molecular complexity index is 303. The number of anilines is 2. The molecule has 1 aromatic rings. The van der Waals surface area contributed by atoms with E-state index in [9.17, 15) is 0 Å². The summed E-state index contributed by atoms with van der Waals surface area (Å²) in [6.07, 6.45) is 3.48. The smallest absolute Gasteiger partial charge is 0.149 e. The fraction of sp³-hybridized carbons (Fsp3) is 0.600. The second-order valence-corrected chi connectivity index (χ2v) is 4.24. The van der Waals surface area contributed by atoms with E-state index in [2.05, 4.69) is 41.0 Å². The van der Waals surface area contributed by atoms with Crippen LogP contribution in [0.1, 0.15) is 20.8 Å². The molecule has 1 aromatic heterocycles. The molecule has 0 unspecified atom stereocenters. The number of aromatic nitrogens is 2. The molecule has 1 heterocycles. The van der Waals surface area contributed by atoms with Crippen LogP contribution in [0.3, 0.4) is 0 Å². The highest BCUT2D eigenvalue weighted by atomic mass is 15.2. The Labute approximate surface area is 85.4 Å². The standard InChI is InChI=1S/C10H18N4/c1-10(2,3)14(5)9-7-12-6-8(11-4)13-9/h6-7H,1-5H3,(H,11,13). The van der Waals surface area contributed by atoms with Crippen molar-refractivity contribution in [1.29, 1.82) is 0 Å². The Morgan fingerprint density at radius 1 is 1.29 bits per heavy atom. The first-order valence-corrected chi connectivity index (χ1v) is 4.69. The van der Waals surface area contributed by atoms with Crippen LogP contribution >= 0.6 is 0 Å². The lowest BCUT2D eigenvalue weighted by atomic mass is 10.1. The lowest BCUT2D eigenvalue weighted by Gasteiger charge is -2.32.